The number of epoxide rings is 1. The molecular formula is C9H7BrN2O2. The first-order valence-electron chi connectivity index (χ1n) is 4.12. The van der Waals surface area contributed by atoms with E-state index < -0.39 is 0 Å². The minimum Gasteiger partial charge on any atom is -0.371 e. The summed E-state index contributed by atoms with van der Waals surface area (Å²) in [5, 5.41) is 8.70. The van der Waals surface area contributed by atoms with E-state index in [1.165, 1.54) is 10.6 Å². The van der Waals surface area contributed by atoms with E-state index in [0.717, 1.165) is 4.47 Å². The van der Waals surface area contributed by atoms with E-state index in [9.17, 15) is 4.79 Å². The largest absolute Gasteiger partial charge is 0.371 e. The van der Waals surface area contributed by atoms with Gasteiger partial charge in [0.25, 0.3) is 5.56 Å². The van der Waals surface area contributed by atoms with Crippen LogP contribution in [-0.4, -0.2) is 17.3 Å². The highest BCUT2D eigenvalue weighted by molar-refractivity contribution is 9.10. The summed E-state index contributed by atoms with van der Waals surface area (Å²) in [6, 6.07) is 3.39. The van der Waals surface area contributed by atoms with Crippen LogP contribution in [0.1, 0.15) is 5.56 Å². The van der Waals surface area contributed by atoms with Crippen LogP contribution in [0.4, 0.5) is 0 Å². The molecule has 0 radical (unpaired) electrons. The summed E-state index contributed by atoms with van der Waals surface area (Å²) in [5.41, 5.74) is -0.105. The average Bonchev–Trinajstić information content (AvgIpc) is 2.94. The minimum absolute atomic E-state index is 0.133. The number of nitriles is 1. The van der Waals surface area contributed by atoms with Crippen molar-refractivity contribution >= 4 is 15.9 Å². The maximum absolute atomic E-state index is 11.6. The van der Waals surface area contributed by atoms with Crippen LogP contribution in [0, 0.1) is 11.3 Å². The first-order valence-corrected chi connectivity index (χ1v) is 4.91. The molecule has 72 valence electrons. The maximum atomic E-state index is 11.6. The number of aromatic nitrogens is 1. The molecule has 2 heterocycles. The summed E-state index contributed by atoms with van der Waals surface area (Å²) < 4.78 is 7.25. The predicted molar refractivity (Wildman–Crippen MR) is 52.9 cm³/mol. The highest BCUT2D eigenvalue weighted by atomic mass is 79.9. The summed E-state index contributed by atoms with van der Waals surface area (Å²) in [7, 11) is 0. The molecule has 0 spiro atoms. The fourth-order valence-electron chi connectivity index (χ4n) is 1.21. The van der Waals surface area contributed by atoms with Crippen molar-refractivity contribution in [3.63, 3.8) is 0 Å². The summed E-state index contributed by atoms with van der Waals surface area (Å²) in [5.74, 6) is 0. The monoisotopic (exact) mass is 254 g/mol. The van der Waals surface area contributed by atoms with Crippen LogP contribution in [0.2, 0.25) is 0 Å². The van der Waals surface area contributed by atoms with Gasteiger partial charge in [0.2, 0.25) is 0 Å². The Morgan fingerprint density at radius 3 is 3.07 bits per heavy atom. The molecule has 0 bridgehead atoms. The minimum atomic E-state index is -0.258. The molecular weight excluding hydrogens is 248 g/mol. The maximum Gasteiger partial charge on any atom is 0.268 e. The van der Waals surface area contributed by atoms with Gasteiger partial charge in [-0.2, -0.15) is 5.26 Å². The van der Waals surface area contributed by atoms with Gasteiger partial charge in [-0.25, -0.2) is 0 Å². The molecule has 1 atom stereocenters. The predicted octanol–water partition coefficient (Wildman–Crippen LogP) is 0.881. The number of ether oxygens (including phenoxy) is 1. The molecule has 1 saturated heterocycles. The lowest BCUT2D eigenvalue weighted by Crippen LogP contribution is -2.24. The number of halogens is 1. The molecule has 5 heteroatoms. The molecule has 1 aromatic heterocycles. The second-order valence-electron chi connectivity index (χ2n) is 3.10. The fourth-order valence-corrected chi connectivity index (χ4v) is 1.68. The quantitative estimate of drug-likeness (QED) is 0.737. The van der Waals surface area contributed by atoms with Gasteiger partial charge < -0.3 is 9.30 Å². The van der Waals surface area contributed by atoms with Gasteiger partial charge in [0.1, 0.15) is 11.6 Å². The summed E-state index contributed by atoms with van der Waals surface area (Å²) in [6.45, 7) is 1.22. The Balaban J connectivity index is 2.42. The molecule has 0 aromatic carbocycles. The van der Waals surface area contributed by atoms with Crippen LogP contribution in [0.5, 0.6) is 0 Å². The molecule has 2 rings (SSSR count). The Hall–Kier alpha value is -1.12. The van der Waals surface area contributed by atoms with Crippen molar-refractivity contribution in [1.29, 1.82) is 5.26 Å². The standard InChI is InChI=1S/C9H7BrN2O2/c10-7-1-6(2-11)9(13)12(3-7)4-8-5-14-8/h1,3,8H,4-5H2. The van der Waals surface area contributed by atoms with Crippen LogP contribution in [0.25, 0.3) is 0 Å². The lowest BCUT2D eigenvalue weighted by molar-refractivity contribution is 0.380. The Morgan fingerprint density at radius 1 is 1.79 bits per heavy atom. The SMILES string of the molecule is N#Cc1cc(Br)cn(CC2CO2)c1=O. The molecule has 1 aromatic rings. The van der Waals surface area contributed by atoms with Crippen molar-refractivity contribution < 1.29 is 4.74 Å². The second kappa shape index (κ2) is 3.56. The topological polar surface area (TPSA) is 58.3 Å². The first kappa shape index (κ1) is 9.44. The van der Waals surface area contributed by atoms with E-state index in [4.69, 9.17) is 10.00 Å². The number of hydrogen-bond donors (Lipinski definition) is 0. The average molecular weight is 255 g/mol. The number of nitrogens with zero attached hydrogens (tertiary/aromatic N) is 2. The third-order valence-corrected chi connectivity index (χ3v) is 2.41. The lowest BCUT2D eigenvalue weighted by atomic mass is 10.3. The van der Waals surface area contributed by atoms with Crippen molar-refractivity contribution in [2.24, 2.45) is 0 Å². The van der Waals surface area contributed by atoms with Crippen molar-refractivity contribution in [3.05, 3.63) is 32.7 Å². The number of pyridine rings is 1. The van der Waals surface area contributed by atoms with E-state index in [0.29, 0.717) is 13.2 Å². The van der Waals surface area contributed by atoms with E-state index in [1.807, 2.05) is 6.07 Å². The molecule has 0 amide bonds. The van der Waals surface area contributed by atoms with E-state index in [1.54, 1.807) is 6.20 Å². The molecule has 1 aliphatic rings. The zero-order valence-electron chi connectivity index (χ0n) is 7.24. The Morgan fingerprint density at radius 2 is 2.50 bits per heavy atom. The first-order chi connectivity index (χ1) is 6.70. The molecule has 1 unspecified atom stereocenters. The number of hydrogen-bond acceptors (Lipinski definition) is 3. The lowest BCUT2D eigenvalue weighted by Gasteiger charge is -2.03. The van der Waals surface area contributed by atoms with Gasteiger partial charge in [0, 0.05) is 10.7 Å². The van der Waals surface area contributed by atoms with Gasteiger partial charge in [0.15, 0.2) is 0 Å². The molecule has 1 aliphatic heterocycles. The van der Waals surface area contributed by atoms with Gasteiger partial charge in [-0.3, -0.25) is 4.79 Å². The normalized spacial score (nSPS) is 19.0. The molecule has 0 saturated carbocycles. The van der Waals surface area contributed by atoms with Crippen LogP contribution >= 0.6 is 15.9 Å². The zero-order valence-corrected chi connectivity index (χ0v) is 8.82. The van der Waals surface area contributed by atoms with Crippen molar-refractivity contribution in [3.8, 4) is 6.07 Å². The van der Waals surface area contributed by atoms with Gasteiger partial charge in [-0.05, 0) is 22.0 Å². The second-order valence-corrected chi connectivity index (χ2v) is 4.01. The Bertz CT molecular complexity index is 457. The number of rotatable bonds is 2. The van der Waals surface area contributed by atoms with Crippen LogP contribution in [-0.2, 0) is 11.3 Å². The Kier molecular flexibility index (Phi) is 2.40. The third-order valence-electron chi connectivity index (χ3n) is 1.98. The smallest absolute Gasteiger partial charge is 0.268 e. The summed E-state index contributed by atoms with van der Waals surface area (Å²) in [4.78, 5) is 11.6. The molecule has 0 N–H and O–H groups in total. The van der Waals surface area contributed by atoms with Crippen molar-refractivity contribution in [2.75, 3.05) is 6.61 Å². The molecule has 4 nitrogen and oxygen atoms in total. The van der Waals surface area contributed by atoms with Crippen LogP contribution in [0.3, 0.4) is 0 Å². The van der Waals surface area contributed by atoms with Gasteiger partial charge in [-0.15, -0.1) is 0 Å². The van der Waals surface area contributed by atoms with Gasteiger partial charge in [-0.1, -0.05) is 0 Å². The van der Waals surface area contributed by atoms with E-state index in [2.05, 4.69) is 15.9 Å². The fraction of sp³-hybridized carbons (Fsp3) is 0.333. The van der Waals surface area contributed by atoms with Gasteiger partial charge in [0.05, 0.1) is 19.3 Å². The zero-order chi connectivity index (χ0) is 10.1. The van der Waals surface area contributed by atoms with Crippen molar-refractivity contribution in [2.45, 2.75) is 12.6 Å². The molecule has 0 aliphatic carbocycles. The molecule has 1 fully saturated rings. The van der Waals surface area contributed by atoms with Crippen LogP contribution in [0.15, 0.2) is 21.5 Å². The highest BCUT2D eigenvalue weighted by Crippen LogP contribution is 2.13. The summed E-state index contributed by atoms with van der Waals surface area (Å²) in [6.07, 6.45) is 1.80. The van der Waals surface area contributed by atoms with Gasteiger partial charge >= 0.3 is 0 Å². The highest BCUT2D eigenvalue weighted by Gasteiger charge is 2.23. The Labute approximate surface area is 88.9 Å². The third kappa shape index (κ3) is 1.86. The van der Waals surface area contributed by atoms with Crippen molar-refractivity contribution in [1.82, 2.24) is 4.57 Å². The van der Waals surface area contributed by atoms with E-state index in [-0.39, 0.29) is 17.2 Å². The van der Waals surface area contributed by atoms with E-state index >= 15 is 0 Å². The summed E-state index contributed by atoms with van der Waals surface area (Å²) >= 11 is 3.25. The van der Waals surface area contributed by atoms with Crippen LogP contribution < -0.4 is 5.56 Å². The molecule has 14 heavy (non-hydrogen) atoms.